The Balaban J connectivity index is 2.16. The number of likely N-dealkylation sites (tertiary alicyclic amines) is 1. The Morgan fingerprint density at radius 1 is 1.38 bits per heavy atom. The van der Waals surface area contributed by atoms with Crippen LogP contribution >= 0.6 is 11.6 Å². The Labute approximate surface area is 159 Å². The molecular formula is C20H27ClFN3O. The largest absolute Gasteiger partial charge is 0.295 e. The van der Waals surface area contributed by atoms with E-state index in [4.69, 9.17) is 16.6 Å². The first-order valence-electron chi connectivity index (χ1n) is 9.59. The van der Waals surface area contributed by atoms with Crippen molar-refractivity contribution in [3.8, 4) is 0 Å². The molecule has 2 atom stereocenters. The Hall–Kier alpha value is -1.46. The van der Waals surface area contributed by atoms with Crippen LogP contribution in [0.3, 0.4) is 0 Å². The van der Waals surface area contributed by atoms with Gasteiger partial charge in [0.1, 0.15) is 11.6 Å². The summed E-state index contributed by atoms with van der Waals surface area (Å²) in [7, 11) is 0. The average Bonchev–Trinajstić information content (AvgIpc) is 2.61. The van der Waals surface area contributed by atoms with Crippen molar-refractivity contribution in [2.24, 2.45) is 5.92 Å². The van der Waals surface area contributed by atoms with E-state index in [0.29, 0.717) is 23.4 Å². The Morgan fingerprint density at radius 2 is 2.15 bits per heavy atom. The third kappa shape index (κ3) is 3.65. The van der Waals surface area contributed by atoms with Crippen LogP contribution in [-0.4, -0.2) is 27.5 Å². The molecule has 6 heteroatoms. The van der Waals surface area contributed by atoms with Gasteiger partial charge in [0, 0.05) is 19.2 Å². The van der Waals surface area contributed by atoms with Crippen LogP contribution in [0.25, 0.3) is 10.9 Å². The second-order valence-electron chi connectivity index (χ2n) is 7.35. The molecule has 3 rings (SSSR count). The topological polar surface area (TPSA) is 38.1 Å². The van der Waals surface area contributed by atoms with Gasteiger partial charge >= 0.3 is 0 Å². The summed E-state index contributed by atoms with van der Waals surface area (Å²) in [5, 5.41) is 0.339. The first kappa shape index (κ1) is 19.3. The van der Waals surface area contributed by atoms with Crippen molar-refractivity contribution < 1.29 is 4.39 Å². The summed E-state index contributed by atoms with van der Waals surface area (Å²) >= 11 is 5.89. The molecule has 0 N–H and O–H groups in total. The second kappa shape index (κ2) is 8.05. The van der Waals surface area contributed by atoms with Crippen LogP contribution in [0.5, 0.6) is 0 Å². The van der Waals surface area contributed by atoms with Gasteiger partial charge in [-0.05, 0) is 44.7 Å². The van der Waals surface area contributed by atoms with E-state index in [1.807, 2.05) is 6.92 Å². The maximum Gasteiger partial charge on any atom is 0.261 e. The summed E-state index contributed by atoms with van der Waals surface area (Å²) < 4.78 is 15.7. The van der Waals surface area contributed by atoms with Crippen LogP contribution in [0.15, 0.2) is 16.9 Å². The molecule has 0 saturated carbocycles. The molecule has 4 nitrogen and oxygen atoms in total. The van der Waals surface area contributed by atoms with E-state index in [9.17, 15) is 9.18 Å². The summed E-state index contributed by atoms with van der Waals surface area (Å²) in [5.74, 6) is 0.856. The highest BCUT2D eigenvalue weighted by molar-refractivity contribution is 6.31. The van der Waals surface area contributed by atoms with Gasteiger partial charge in [0.05, 0.1) is 22.0 Å². The molecule has 0 spiro atoms. The van der Waals surface area contributed by atoms with Gasteiger partial charge in [-0.2, -0.15) is 0 Å². The number of rotatable bonds is 5. The van der Waals surface area contributed by atoms with Crippen molar-refractivity contribution in [1.82, 2.24) is 14.5 Å². The highest BCUT2D eigenvalue weighted by Gasteiger charge is 2.28. The maximum absolute atomic E-state index is 14.0. The van der Waals surface area contributed by atoms with E-state index in [1.165, 1.54) is 18.6 Å². The SMILES string of the molecule is CCC[C@H](c1nc2cc(F)c(Cl)cc2c(=O)n1CC)N1CCC[C@@H](C)C1. The number of hydrogen-bond acceptors (Lipinski definition) is 3. The number of aromatic nitrogens is 2. The van der Waals surface area contributed by atoms with Crippen LogP contribution in [-0.2, 0) is 6.54 Å². The van der Waals surface area contributed by atoms with Crippen LogP contribution in [0, 0.1) is 11.7 Å². The Kier molecular flexibility index (Phi) is 5.98. The molecule has 1 aliphatic heterocycles. The maximum atomic E-state index is 14.0. The van der Waals surface area contributed by atoms with Crippen LogP contribution in [0.2, 0.25) is 5.02 Å². The quantitative estimate of drug-likeness (QED) is 0.750. The van der Waals surface area contributed by atoms with Crippen LogP contribution < -0.4 is 5.56 Å². The molecule has 1 saturated heterocycles. The minimum atomic E-state index is -0.537. The van der Waals surface area contributed by atoms with E-state index < -0.39 is 5.82 Å². The zero-order chi connectivity index (χ0) is 18.8. The molecular weight excluding hydrogens is 353 g/mol. The molecule has 26 heavy (non-hydrogen) atoms. The highest BCUT2D eigenvalue weighted by Crippen LogP contribution is 2.30. The molecule has 0 unspecified atom stereocenters. The van der Waals surface area contributed by atoms with Gasteiger partial charge in [-0.3, -0.25) is 14.3 Å². The smallest absolute Gasteiger partial charge is 0.261 e. The minimum absolute atomic E-state index is 0.0400. The molecule has 0 aliphatic carbocycles. The van der Waals surface area contributed by atoms with Gasteiger partial charge in [0.15, 0.2) is 0 Å². The molecule has 142 valence electrons. The molecule has 1 fully saturated rings. The lowest BCUT2D eigenvalue weighted by Gasteiger charge is -2.37. The summed E-state index contributed by atoms with van der Waals surface area (Å²) in [5.41, 5.74) is 0.253. The second-order valence-corrected chi connectivity index (χ2v) is 7.76. The van der Waals surface area contributed by atoms with Gasteiger partial charge in [-0.1, -0.05) is 31.9 Å². The molecule has 2 heterocycles. The molecule has 2 aromatic rings. The van der Waals surface area contributed by atoms with Crippen molar-refractivity contribution in [3.63, 3.8) is 0 Å². The van der Waals surface area contributed by atoms with Crippen molar-refractivity contribution >= 4 is 22.5 Å². The third-order valence-corrected chi connectivity index (χ3v) is 5.62. The number of hydrogen-bond donors (Lipinski definition) is 0. The lowest BCUT2D eigenvalue weighted by molar-refractivity contribution is 0.115. The van der Waals surface area contributed by atoms with Gasteiger partial charge < -0.3 is 0 Å². The number of halogens is 2. The van der Waals surface area contributed by atoms with E-state index in [2.05, 4.69) is 18.7 Å². The highest BCUT2D eigenvalue weighted by atomic mass is 35.5. The summed E-state index contributed by atoms with van der Waals surface area (Å²) in [4.78, 5) is 20.2. The van der Waals surface area contributed by atoms with Crippen molar-refractivity contribution in [2.75, 3.05) is 13.1 Å². The van der Waals surface area contributed by atoms with Gasteiger partial charge in [-0.15, -0.1) is 0 Å². The number of fused-ring (bicyclic) bond motifs is 1. The van der Waals surface area contributed by atoms with E-state index in [-0.39, 0.29) is 16.6 Å². The van der Waals surface area contributed by atoms with Gasteiger partial charge in [0.2, 0.25) is 0 Å². The van der Waals surface area contributed by atoms with E-state index in [0.717, 1.165) is 38.2 Å². The number of nitrogens with zero attached hydrogens (tertiary/aromatic N) is 3. The van der Waals surface area contributed by atoms with Crippen molar-refractivity contribution in [1.29, 1.82) is 0 Å². The van der Waals surface area contributed by atoms with Crippen LogP contribution in [0.1, 0.15) is 58.3 Å². The normalized spacial score (nSPS) is 19.8. The standard InChI is InChI=1S/C20H27ClFN3O/c1-4-7-18(24-9-6-8-13(3)12-24)19-23-17-11-16(22)15(21)10-14(17)20(26)25(19)5-2/h10-11,13,18H,4-9,12H2,1-3H3/t13-,18-/m1/s1. The summed E-state index contributed by atoms with van der Waals surface area (Å²) in [6, 6.07) is 2.76. The Bertz CT molecular complexity index is 851. The van der Waals surface area contributed by atoms with Crippen LogP contribution in [0.4, 0.5) is 4.39 Å². The molecule has 1 aromatic carbocycles. The summed E-state index contributed by atoms with van der Waals surface area (Å²) in [6.07, 6.45) is 4.34. The lowest BCUT2D eigenvalue weighted by atomic mass is 9.97. The third-order valence-electron chi connectivity index (χ3n) is 5.33. The van der Waals surface area contributed by atoms with E-state index in [1.54, 1.807) is 4.57 Å². The van der Waals surface area contributed by atoms with E-state index >= 15 is 0 Å². The van der Waals surface area contributed by atoms with Gasteiger partial charge in [0.25, 0.3) is 5.56 Å². The predicted molar refractivity (Wildman–Crippen MR) is 104 cm³/mol. The number of piperidine rings is 1. The van der Waals surface area contributed by atoms with Gasteiger partial charge in [-0.25, -0.2) is 9.37 Å². The molecule has 0 bridgehead atoms. The fourth-order valence-electron chi connectivity index (χ4n) is 4.05. The molecule has 0 amide bonds. The zero-order valence-corrected chi connectivity index (χ0v) is 16.5. The number of benzene rings is 1. The Morgan fingerprint density at radius 3 is 2.81 bits per heavy atom. The summed E-state index contributed by atoms with van der Waals surface area (Å²) in [6.45, 7) is 8.93. The fourth-order valence-corrected chi connectivity index (χ4v) is 4.21. The monoisotopic (exact) mass is 379 g/mol. The molecule has 1 aliphatic rings. The first-order valence-corrected chi connectivity index (χ1v) is 9.97. The zero-order valence-electron chi connectivity index (χ0n) is 15.8. The van der Waals surface area contributed by atoms with Crippen molar-refractivity contribution in [3.05, 3.63) is 39.2 Å². The molecule has 0 radical (unpaired) electrons. The van der Waals surface area contributed by atoms with Crippen molar-refractivity contribution in [2.45, 2.75) is 59.0 Å². The average molecular weight is 380 g/mol. The first-order chi connectivity index (χ1) is 12.5. The molecule has 1 aromatic heterocycles. The predicted octanol–water partition coefficient (Wildman–Crippen LogP) is 4.78. The fraction of sp³-hybridized carbons (Fsp3) is 0.600. The lowest BCUT2D eigenvalue weighted by Crippen LogP contribution is -2.40. The minimum Gasteiger partial charge on any atom is -0.295 e.